The molecule has 0 aromatic carbocycles. The topological polar surface area (TPSA) is 33.1 Å². The van der Waals surface area contributed by atoms with Crippen LogP contribution in [0.25, 0.3) is 0 Å². The first-order chi connectivity index (χ1) is 8.69. The van der Waals surface area contributed by atoms with Gasteiger partial charge in [-0.3, -0.25) is 0 Å². The zero-order chi connectivity index (χ0) is 13.0. The lowest BCUT2D eigenvalue weighted by Crippen LogP contribution is -2.33. The van der Waals surface area contributed by atoms with Crippen molar-refractivity contribution in [1.29, 1.82) is 0 Å². The predicted octanol–water partition coefficient (Wildman–Crippen LogP) is 2.50. The molecule has 1 aliphatic rings. The van der Waals surface area contributed by atoms with Gasteiger partial charge in [0.25, 0.3) is 0 Å². The Morgan fingerprint density at radius 3 is 2.78 bits per heavy atom. The Bertz CT molecular complexity index is 366. The van der Waals surface area contributed by atoms with Gasteiger partial charge in [-0.1, -0.05) is 6.92 Å². The van der Waals surface area contributed by atoms with E-state index in [2.05, 4.69) is 46.7 Å². The molecule has 0 saturated carbocycles. The lowest BCUT2D eigenvalue weighted by atomic mass is 10.3. The molecule has 1 fully saturated rings. The Morgan fingerprint density at radius 1 is 1.39 bits per heavy atom. The van der Waals surface area contributed by atoms with Crippen molar-refractivity contribution in [3.05, 3.63) is 11.9 Å². The molecule has 0 radical (unpaired) electrons. The molecule has 1 aromatic rings. The molecule has 1 N–H and O–H groups in total. The summed E-state index contributed by atoms with van der Waals surface area (Å²) in [7, 11) is 0. The third kappa shape index (κ3) is 3.48. The Morgan fingerprint density at radius 2 is 2.11 bits per heavy atom. The van der Waals surface area contributed by atoms with Crippen molar-refractivity contribution in [2.24, 2.45) is 0 Å². The summed E-state index contributed by atoms with van der Waals surface area (Å²) < 4.78 is 2.23. The van der Waals surface area contributed by atoms with Crippen LogP contribution < -0.4 is 5.32 Å². The normalized spacial score (nSPS) is 18.2. The van der Waals surface area contributed by atoms with E-state index in [0.29, 0.717) is 6.04 Å². The minimum atomic E-state index is 0.459. The maximum atomic E-state index is 4.58. The minimum Gasteiger partial charge on any atom is -0.352 e. The smallest absolute Gasteiger partial charge is 0.203 e. The summed E-state index contributed by atoms with van der Waals surface area (Å²) >= 11 is 0. The third-order valence-corrected chi connectivity index (χ3v) is 3.47. The van der Waals surface area contributed by atoms with Gasteiger partial charge in [-0.05, 0) is 46.2 Å². The Balaban J connectivity index is 1.90. The van der Waals surface area contributed by atoms with Gasteiger partial charge in [0.2, 0.25) is 5.95 Å². The van der Waals surface area contributed by atoms with E-state index in [1.165, 1.54) is 25.9 Å². The van der Waals surface area contributed by atoms with E-state index in [1.54, 1.807) is 0 Å². The first-order valence-electron chi connectivity index (χ1n) is 7.21. The molecule has 1 aromatic heterocycles. The number of nitrogens with one attached hydrogen (secondary N) is 1. The molecule has 2 rings (SSSR count). The van der Waals surface area contributed by atoms with Crippen LogP contribution in [0.2, 0.25) is 0 Å². The summed E-state index contributed by atoms with van der Waals surface area (Å²) in [6.45, 7) is 11.2. The average Bonchev–Trinajstić information content (AvgIpc) is 2.90. The molecule has 102 valence electrons. The molecule has 1 unspecified atom stereocenters. The fourth-order valence-corrected chi connectivity index (χ4v) is 2.69. The summed E-state index contributed by atoms with van der Waals surface area (Å²) in [6, 6.07) is 0.459. The zero-order valence-corrected chi connectivity index (χ0v) is 11.9. The highest BCUT2D eigenvalue weighted by molar-refractivity contribution is 5.30. The van der Waals surface area contributed by atoms with Crippen molar-refractivity contribution >= 4 is 5.95 Å². The van der Waals surface area contributed by atoms with E-state index in [9.17, 15) is 0 Å². The van der Waals surface area contributed by atoms with Crippen LogP contribution >= 0.6 is 0 Å². The molecule has 0 spiro atoms. The van der Waals surface area contributed by atoms with Gasteiger partial charge < -0.3 is 14.8 Å². The highest BCUT2D eigenvalue weighted by Gasteiger charge is 2.15. The summed E-state index contributed by atoms with van der Waals surface area (Å²) in [5.74, 6) is 1.03. The fraction of sp³-hybridized carbons (Fsp3) is 0.786. The summed E-state index contributed by atoms with van der Waals surface area (Å²) in [6.07, 6.45) is 5.99. The Hall–Kier alpha value is -1.03. The Kier molecular flexibility index (Phi) is 4.64. The van der Waals surface area contributed by atoms with Gasteiger partial charge in [-0.15, -0.1) is 0 Å². The van der Waals surface area contributed by atoms with Crippen molar-refractivity contribution in [1.82, 2.24) is 14.5 Å². The number of nitrogens with zero attached hydrogens (tertiary/aromatic N) is 3. The van der Waals surface area contributed by atoms with Crippen LogP contribution in [0.15, 0.2) is 6.20 Å². The molecule has 4 heteroatoms. The molecule has 0 amide bonds. The second-order valence-corrected chi connectivity index (χ2v) is 5.45. The van der Waals surface area contributed by atoms with Crippen LogP contribution in [0, 0.1) is 6.92 Å². The second kappa shape index (κ2) is 6.23. The molecule has 1 saturated heterocycles. The first-order valence-corrected chi connectivity index (χ1v) is 7.21. The molecule has 4 nitrogen and oxygen atoms in total. The highest BCUT2D eigenvalue weighted by Crippen LogP contribution is 2.13. The van der Waals surface area contributed by atoms with E-state index in [1.807, 2.05) is 0 Å². The van der Waals surface area contributed by atoms with E-state index in [4.69, 9.17) is 0 Å². The first kappa shape index (κ1) is 13.4. The van der Waals surface area contributed by atoms with Crippen molar-refractivity contribution < 1.29 is 0 Å². The number of hydrogen-bond acceptors (Lipinski definition) is 3. The quantitative estimate of drug-likeness (QED) is 0.842. The molecular formula is C14H26N4. The molecular weight excluding hydrogens is 224 g/mol. The monoisotopic (exact) mass is 250 g/mol. The van der Waals surface area contributed by atoms with Crippen LogP contribution in [-0.2, 0) is 6.54 Å². The maximum Gasteiger partial charge on any atom is 0.203 e. The second-order valence-electron chi connectivity index (χ2n) is 5.45. The lowest BCUT2D eigenvalue weighted by Gasteiger charge is -2.22. The van der Waals surface area contributed by atoms with Gasteiger partial charge in [0.05, 0.1) is 5.69 Å². The number of hydrogen-bond donors (Lipinski definition) is 1. The van der Waals surface area contributed by atoms with Gasteiger partial charge in [-0.2, -0.15) is 0 Å². The predicted molar refractivity (Wildman–Crippen MR) is 76.0 cm³/mol. The van der Waals surface area contributed by atoms with E-state index in [-0.39, 0.29) is 0 Å². The molecule has 18 heavy (non-hydrogen) atoms. The summed E-state index contributed by atoms with van der Waals surface area (Å²) in [5, 5.41) is 3.55. The number of aryl methyl sites for hydroxylation is 2. The van der Waals surface area contributed by atoms with E-state index in [0.717, 1.165) is 31.2 Å². The Labute approximate surface area is 110 Å². The zero-order valence-electron chi connectivity index (χ0n) is 11.9. The molecule has 2 heterocycles. The van der Waals surface area contributed by atoms with Gasteiger partial charge in [0.1, 0.15) is 0 Å². The van der Waals surface area contributed by atoms with Crippen LogP contribution in [-0.4, -0.2) is 40.1 Å². The van der Waals surface area contributed by atoms with Gasteiger partial charge in [-0.25, -0.2) is 4.98 Å². The van der Waals surface area contributed by atoms with E-state index < -0.39 is 0 Å². The SMILES string of the molecule is CCCn1cc(C)nc1NC(C)CN1CCCC1. The third-order valence-electron chi connectivity index (χ3n) is 3.47. The molecule has 1 atom stereocenters. The van der Waals surface area contributed by atoms with Crippen LogP contribution in [0.5, 0.6) is 0 Å². The number of anilines is 1. The largest absolute Gasteiger partial charge is 0.352 e. The molecule has 0 aliphatic carbocycles. The van der Waals surface area contributed by atoms with Gasteiger partial charge >= 0.3 is 0 Å². The standard InChI is InChI=1S/C14H26N4/c1-4-7-18-11-13(3)16-14(18)15-12(2)10-17-8-5-6-9-17/h11-12H,4-10H2,1-3H3,(H,15,16). The van der Waals surface area contributed by atoms with Crippen molar-refractivity contribution in [3.63, 3.8) is 0 Å². The van der Waals surface area contributed by atoms with Crippen LogP contribution in [0.4, 0.5) is 5.95 Å². The minimum absolute atomic E-state index is 0.459. The molecule has 1 aliphatic heterocycles. The van der Waals surface area contributed by atoms with Crippen LogP contribution in [0.1, 0.15) is 38.8 Å². The average molecular weight is 250 g/mol. The van der Waals surface area contributed by atoms with Crippen molar-refractivity contribution in [2.45, 2.75) is 52.6 Å². The summed E-state index contributed by atoms with van der Waals surface area (Å²) in [4.78, 5) is 7.12. The number of aromatic nitrogens is 2. The lowest BCUT2D eigenvalue weighted by molar-refractivity contribution is 0.327. The van der Waals surface area contributed by atoms with Gasteiger partial charge in [0, 0.05) is 25.3 Å². The number of imidazole rings is 1. The van der Waals surface area contributed by atoms with Crippen LogP contribution in [0.3, 0.4) is 0 Å². The van der Waals surface area contributed by atoms with Crippen molar-refractivity contribution in [3.8, 4) is 0 Å². The van der Waals surface area contributed by atoms with Gasteiger partial charge in [0.15, 0.2) is 0 Å². The summed E-state index contributed by atoms with van der Waals surface area (Å²) in [5.41, 5.74) is 1.10. The number of likely N-dealkylation sites (tertiary alicyclic amines) is 1. The maximum absolute atomic E-state index is 4.58. The molecule has 0 bridgehead atoms. The van der Waals surface area contributed by atoms with Crippen molar-refractivity contribution in [2.75, 3.05) is 25.0 Å². The fourth-order valence-electron chi connectivity index (χ4n) is 2.69. The number of rotatable bonds is 6. The van der Waals surface area contributed by atoms with E-state index >= 15 is 0 Å². The highest BCUT2D eigenvalue weighted by atomic mass is 15.2.